The molecule has 2 aromatic rings. The van der Waals surface area contributed by atoms with Gasteiger partial charge in [-0.15, -0.1) is 0 Å². The van der Waals surface area contributed by atoms with Crippen LogP contribution in [0.4, 0.5) is 0 Å². The Morgan fingerprint density at radius 1 is 1.09 bits per heavy atom. The maximum Gasteiger partial charge on any atom is 0.0923 e. The molecule has 0 saturated heterocycles. The van der Waals surface area contributed by atoms with E-state index in [0.717, 1.165) is 11.9 Å². The van der Waals surface area contributed by atoms with Crippen molar-refractivity contribution in [2.75, 3.05) is 0 Å². The largest absolute Gasteiger partial charge is 0.281 e. The molecule has 23 heavy (non-hydrogen) atoms. The second-order valence-electron chi connectivity index (χ2n) is 3.84. The number of hydrogen-bond acceptors (Lipinski definition) is 1. The smallest absolute Gasteiger partial charge is 0.0923 e. The van der Waals surface area contributed by atoms with Gasteiger partial charge in [-0.25, -0.2) is 0 Å². The third-order valence-corrected chi connectivity index (χ3v) is 2.47. The molecule has 0 radical (unpaired) electrons. The number of aryl methyl sites for hydroxylation is 2. The molecule has 1 heterocycles. The second kappa shape index (κ2) is 20.2. The fraction of sp³-hybridized carbons (Fsp3) is 0.476. The van der Waals surface area contributed by atoms with E-state index >= 15 is 0 Å². The molecule has 2 rings (SSSR count). The van der Waals surface area contributed by atoms with E-state index in [9.17, 15) is 0 Å². The fourth-order valence-electron chi connectivity index (χ4n) is 1.58. The van der Waals surface area contributed by atoms with Crippen LogP contribution in [0, 0.1) is 6.92 Å². The van der Waals surface area contributed by atoms with E-state index in [1.807, 2.05) is 60.6 Å². The first kappa shape index (κ1) is 26.1. The molecule has 0 spiro atoms. The highest BCUT2D eigenvalue weighted by atomic mass is 15.1. The normalized spacial score (nSPS) is 8.39. The van der Waals surface area contributed by atoms with Crippen molar-refractivity contribution in [3.05, 3.63) is 54.3 Å². The first-order valence-corrected chi connectivity index (χ1v) is 8.90. The van der Waals surface area contributed by atoms with Crippen LogP contribution in [0.5, 0.6) is 0 Å². The van der Waals surface area contributed by atoms with E-state index in [1.165, 1.54) is 16.6 Å². The van der Waals surface area contributed by atoms with Crippen molar-refractivity contribution < 1.29 is 0 Å². The lowest BCUT2D eigenvalue weighted by molar-refractivity contribution is 0.988. The fourth-order valence-corrected chi connectivity index (χ4v) is 1.58. The molecule has 132 valence electrons. The summed E-state index contributed by atoms with van der Waals surface area (Å²) in [5.41, 5.74) is 3.59. The van der Waals surface area contributed by atoms with Crippen LogP contribution in [0.25, 0.3) is 10.9 Å². The lowest BCUT2D eigenvalue weighted by atomic mass is 10.1. The average Bonchev–Trinajstić information content (AvgIpc) is 3.03. The maximum atomic E-state index is 4.21. The predicted octanol–water partition coefficient (Wildman–Crippen LogP) is 7.26. The van der Waals surface area contributed by atoms with Crippen LogP contribution in [0.1, 0.15) is 66.6 Å². The number of nitrogens with zero attached hydrogens (tertiary/aromatic N) is 1. The van der Waals surface area contributed by atoms with Gasteiger partial charge in [-0.2, -0.15) is 5.10 Å². The van der Waals surface area contributed by atoms with Crippen molar-refractivity contribution in [1.82, 2.24) is 10.2 Å². The van der Waals surface area contributed by atoms with Crippen molar-refractivity contribution in [3.63, 3.8) is 0 Å². The molecule has 0 amide bonds. The lowest BCUT2D eigenvalue weighted by Crippen LogP contribution is -1.79. The molecule has 0 aliphatic heterocycles. The Labute approximate surface area is 144 Å². The highest BCUT2D eigenvalue weighted by Crippen LogP contribution is 2.17. The molecule has 1 aromatic heterocycles. The Bertz CT molecular complexity index is 508. The molecular weight excluding hydrogens is 280 g/mol. The third kappa shape index (κ3) is 11.4. The summed E-state index contributed by atoms with van der Waals surface area (Å²) in [6.07, 6.45) is 6.59. The number of H-pyrrole nitrogens is 1. The number of nitrogens with one attached hydrogen (secondary N) is 1. The molecule has 0 aliphatic rings. The van der Waals surface area contributed by atoms with E-state index in [2.05, 4.69) is 48.8 Å². The summed E-state index contributed by atoms with van der Waals surface area (Å²) in [6, 6.07) is 6.32. The quantitative estimate of drug-likeness (QED) is 0.580. The van der Waals surface area contributed by atoms with Crippen molar-refractivity contribution >= 4 is 10.9 Å². The van der Waals surface area contributed by atoms with E-state index in [4.69, 9.17) is 0 Å². The summed E-state index contributed by atoms with van der Waals surface area (Å²) in [5.74, 6) is 0. The van der Waals surface area contributed by atoms with Gasteiger partial charge in [0.1, 0.15) is 0 Å². The minimum atomic E-state index is 1.01. The molecule has 0 unspecified atom stereocenters. The first-order valence-electron chi connectivity index (χ1n) is 8.90. The van der Waals surface area contributed by atoms with Gasteiger partial charge in [-0.3, -0.25) is 5.10 Å². The standard InChI is InChI=1S/C10H12N2.C5H8.3C2H6/c1-3-9-8-6-7(2)4-5-10(8)12-11-9;1-3-5-4-2;3*1-2/h4-6H,3H2,1-2H3,(H,11,12);3-5H,1H2,2H3;3*1-2H3/b;5-4-;;;. The molecule has 2 heteroatoms. The monoisotopic (exact) mass is 318 g/mol. The molecule has 2 nitrogen and oxygen atoms in total. The highest BCUT2D eigenvalue weighted by molar-refractivity contribution is 5.81. The zero-order valence-electron chi connectivity index (χ0n) is 16.8. The van der Waals surface area contributed by atoms with Gasteiger partial charge in [0, 0.05) is 11.1 Å². The molecular formula is C21H38N2. The summed E-state index contributed by atoms with van der Waals surface area (Å²) in [5, 5.41) is 8.51. The Kier molecular flexibility index (Phi) is 22.9. The zero-order valence-corrected chi connectivity index (χ0v) is 16.8. The maximum absolute atomic E-state index is 4.21. The summed E-state index contributed by atoms with van der Waals surface area (Å²) in [6.45, 7) is 21.7. The molecule has 0 atom stereocenters. The number of aromatic nitrogens is 2. The van der Waals surface area contributed by atoms with Gasteiger partial charge in [0.2, 0.25) is 0 Å². The Morgan fingerprint density at radius 2 is 1.65 bits per heavy atom. The third-order valence-electron chi connectivity index (χ3n) is 2.47. The van der Waals surface area contributed by atoms with Crippen molar-refractivity contribution in [2.45, 2.75) is 68.7 Å². The van der Waals surface area contributed by atoms with E-state index in [-0.39, 0.29) is 0 Å². The molecule has 1 N–H and O–H groups in total. The summed E-state index contributed by atoms with van der Waals surface area (Å²) in [4.78, 5) is 0. The SMILES string of the molecule is C=C/C=C\C.CC.CC.CC.CCc1[nH]nc2ccc(C)cc12. The Morgan fingerprint density at radius 3 is 2.04 bits per heavy atom. The number of aromatic amines is 1. The molecule has 0 fully saturated rings. The summed E-state index contributed by atoms with van der Waals surface area (Å²) >= 11 is 0. The van der Waals surface area contributed by atoms with Crippen molar-refractivity contribution in [1.29, 1.82) is 0 Å². The van der Waals surface area contributed by atoms with Gasteiger partial charge in [0.05, 0.1) is 5.52 Å². The molecule has 0 bridgehead atoms. The topological polar surface area (TPSA) is 28.7 Å². The Hall–Kier alpha value is -1.83. The number of rotatable bonds is 2. The van der Waals surface area contributed by atoms with Gasteiger partial charge in [-0.05, 0) is 32.4 Å². The number of fused-ring (bicyclic) bond motifs is 1. The minimum absolute atomic E-state index is 1.01. The molecule has 0 aliphatic carbocycles. The van der Waals surface area contributed by atoms with E-state index in [0.29, 0.717) is 0 Å². The van der Waals surface area contributed by atoms with E-state index in [1.54, 1.807) is 6.08 Å². The van der Waals surface area contributed by atoms with Crippen LogP contribution in [-0.4, -0.2) is 10.2 Å². The van der Waals surface area contributed by atoms with Crippen LogP contribution >= 0.6 is 0 Å². The van der Waals surface area contributed by atoms with Gasteiger partial charge < -0.3 is 0 Å². The first-order chi connectivity index (χ1) is 11.2. The second-order valence-corrected chi connectivity index (χ2v) is 3.84. The van der Waals surface area contributed by atoms with Crippen LogP contribution < -0.4 is 0 Å². The van der Waals surface area contributed by atoms with Crippen molar-refractivity contribution in [3.8, 4) is 0 Å². The van der Waals surface area contributed by atoms with Crippen LogP contribution in [0.15, 0.2) is 43.0 Å². The van der Waals surface area contributed by atoms with Crippen molar-refractivity contribution in [2.24, 2.45) is 0 Å². The number of hydrogen-bond donors (Lipinski definition) is 1. The molecule has 1 aromatic carbocycles. The summed E-state index contributed by atoms with van der Waals surface area (Å²) in [7, 11) is 0. The van der Waals surface area contributed by atoms with Gasteiger partial charge in [-0.1, -0.05) is 84.9 Å². The zero-order chi connectivity index (χ0) is 18.7. The van der Waals surface area contributed by atoms with Crippen LogP contribution in [0.3, 0.4) is 0 Å². The lowest BCUT2D eigenvalue weighted by Gasteiger charge is -1.93. The number of allylic oxidation sites excluding steroid dienone is 3. The van der Waals surface area contributed by atoms with Crippen LogP contribution in [-0.2, 0) is 6.42 Å². The summed E-state index contributed by atoms with van der Waals surface area (Å²) < 4.78 is 0. The number of benzene rings is 1. The highest BCUT2D eigenvalue weighted by Gasteiger charge is 2.01. The predicted molar refractivity (Wildman–Crippen MR) is 109 cm³/mol. The van der Waals surface area contributed by atoms with Crippen LogP contribution in [0.2, 0.25) is 0 Å². The average molecular weight is 319 g/mol. The minimum Gasteiger partial charge on any atom is -0.281 e. The van der Waals surface area contributed by atoms with Gasteiger partial charge >= 0.3 is 0 Å². The molecule has 0 saturated carbocycles. The Balaban J connectivity index is -0.000000309. The van der Waals surface area contributed by atoms with Gasteiger partial charge in [0.15, 0.2) is 0 Å². The van der Waals surface area contributed by atoms with E-state index < -0.39 is 0 Å². The van der Waals surface area contributed by atoms with Gasteiger partial charge in [0.25, 0.3) is 0 Å².